The first kappa shape index (κ1) is 16.9. The van der Waals surface area contributed by atoms with E-state index in [1.54, 1.807) is 0 Å². The lowest BCUT2D eigenvalue weighted by Gasteiger charge is -2.38. The van der Waals surface area contributed by atoms with Gasteiger partial charge in [-0.1, -0.05) is 30.3 Å². The third kappa shape index (κ3) is 2.93. The molecule has 1 N–H and O–H groups in total. The second kappa shape index (κ2) is 6.51. The monoisotopic (exact) mass is 382 g/mol. The van der Waals surface area contributed by atoms with Gasteiger partial charge >= 0.3 is 5.97 Å². The molecule has 0 saturated carbocycles. The maximum absolute atomic E-state index is 12.4. The summed E-state index contributed by atoms with van der Waals surface area (Å²) >= 11 is 0. The lowest BCUT2D eigenvalue weighted by molar-refractivity contribution is -0.156. The molecule has 0 aromatic heterocycles. The summed E-state index contributed by atoms with van der Waals surface area (Å²) in [5.74, 6) is -0.915. The summed E-state index contributed by atoms with van der Waals surface area (Å²) in [4.78, 5) is 14.8. The zero-order valence-corrected chi connectivity index (χ0v) is 14.6. The summed E-state index contributed by atoms with van der Waals surface area (Å²) in [5, 5.41) is 9.56. The van der Waals surface area contributed by atoms with Crippen LogP contribution in [0.5, 0.6) is 0 Å². The van der Waals surface area contributed by atoms with Crippen LogP contribution >= 0.6 is 0 Å². The Kier molecular flexibility index (Phi) is 4.78. The number of morpholine rings is 1. The summed E-state index contributed by atoms with van der Waals surface area (Å²) in [6.45, 7) is -0.226. The Morgan fingerprint density at radius 3 is 2.48 bits per heavy atom. The number of piperidine rings is 1. The van der Waals surface area contributed by atoms with E-state index in [-0.39, 0.29) is 35.7 Å². The van der Waals surface area contributed by atoms with Crippen LogP contribution in [0.25, 0.3) is 0 Å². The van der Waals surface area contributed by atoms with Crippen molar-refractivity contribution in [2.45, 2.75) is 49.2 Å². The number of aliphatic hydroxyl groups excluding tert-OH is 1. The Morgan fingerprint density at radius 2 is 1.91 bits per heavy atom. The van der Waals surface area contributed by atoms with E-state index in [9.17, 15) is 9.90 Å². The number of carbonyl (C=O) groups excluding carboxylic acids is 1. The number of rotatable bonds is 4. The average Bonchev–Trinajstić information content (AvgIpc) is 3.27. The van der Waals surface area contributed by atoms with Crippen molar-refractivity contribution in [2.24, 2.45) is 0 Å². The molecule has 3 saturated heterocycles. The number of fused-ring (bicyclic) bond motifs is 5. The molecule has 3 aliphatic rings. The van der Waals surface area contributed by atoms with E-state index in [2.05, 4.69) is 11.9 Å². The molecule has 2 bridgehead atoms. The standard InChI is InChI=1S/C17H21NO4.BrH/c1-18-13-7-11(8-14(18)16-15(13)22-16)21-17(20)12(9-19)10-5-3-2-4-6-10;/h2-6,11-16,19H,7-9H2,1H3;1H/p-1/t11?,12?,13-,14+,15-,16-;/m0./s1. The van der Waals surface area contributed by atoms with Gasteiger partial charge in [-0.3, -0.25) is 9.69 Å². The van der Waals surface area contributed by atoms with E-state index in [1.807, 2.05) is 30.3 Å². The van der Waals surface area contributed by atoms with E-state index in [1.165, 1.54) is 0 Å². The quantitative estimate of drug-likeness (QED) is 0.478. The molecular weight excluding hydrogens is 362 g/mol. The number of aliphatic hydroxyl groups is 1. The van der Waals surface area contributed by atoms with Gasteiger partial charge in [0.1, 0.15) is 24.2 Å². The fourth-order valence-corrected chi connectivity index (χ4v) is 4.04. The van der Waals surface area contributed by atoms with Gasteiger partial charge in [0.25, 0.3) is 0 Å². The van der Waals surface area contributed by atoms with Crippen LogP contribution in [-0.2, 0) is 14.3 Å². The molecule has 1 aromatic rings. The molecule has 126 valence electrons. The van der Waals surface area contributed by atoms with Gasteiger partial charge in [0.05, 0.1) is 6.61 Å². The lowest BCUT2D eigenvalue weighted by Crippen LogP contribution is -3.00. The first-order valence-corrected chi connectivity index (χ1v) is 7.92. The molecule has 6 heteroatoms. The Labute approximate surface area is 146 Å². The number of benzene rings is 1. The van der Waals surface area contributed by atoms with Gasteiger partial charge in [-0.15, -0.1) is 0 Å². The Balaban J connectivity index is 0.00000156. The number of hydrogen-bond donors (Lipinski definition) is 1. The van der Waals surface area contributed by atoms with Gasteiger partial charge in [0, 0.05) is 24.9 Å². The fraction of sp³-hybridized carbons (Fsp3) is 0.588. The molecule has 3 heterocycles. The SMILES string of the molecule is CN1[C@@H]2CC(OC(=O)C(CO)c3ccccc3)C[C@H]1[C@@H]1O[C@H]12.[Br-]. The summed E-state index contributed by atoms with van der Waals surface area (Å²) in [5.41, 5.74) is 0.803. The van der Waals surface area contributed by atoms with Crippen molar-refractivity contribution in [3.05, 3.63) is 35.9 Å². The average molecular weight is 383 g/mol. The number of likely N-dealkylation sites (N-methyl/N-ethyl adjacent to an activating group) is 1. The van der Waals surface area contributed by atoms with Gasteiger partial charge in [-0.2, -0.15) is 0 Å². The van der Waals surface area contributed by atoms with Crippen LogP contribution in [0.3, 0.4) is 0 Å². The minimum absolute atomic E-state index is 0. The fourth-order valence-electron chi connectivity index (χ4n) is 4.04. The molecule has 2 unspecified atom stereocenters. The van der Waals surface area contributed by atoms with Crippen molar-refractivity contribution in [3.8, 4) is 0 Å². The third-order valence-electron chi connectivity index (χ3n) is 5.33. The van der Waals surface area contributed by atoms with E-state index >= 15 is 0 Å². The smallest absolute Gasteiger partial charge is 0.316 e. The van der Waals surface area contributed by atoms with E-state index in [0.29, 0.717) is 24.3 Å². The highest BCUT2D eigenvalue weighted by Gasteiger charge is 2.62. The molecule has 0 spiro atoms. The topological polar surface area (TPSA) is 62.3 Å². The zero-order valence-electron chi connectivity index (χ0n) is 13.0. The van der Waals surface area contributed by atoms with Crippen LogP contribution in [0.2, 0.25) is 0 Å². The number of nitrogens with zero attached hydrogens (tertiary/aromatic N) is 1. The third-order valence-corrected chi connectivity index (χ3v) is 5.33. The Hall–Kier alpha value is -0.950. The normalized spacial score (nSPS) is 35.8. The number of hydrogen-bond acceptors (Lipinski definition) is 5. The highest BCUT2D eigenvalue weighted by atomic mass is 79.9. The molecule has 6 atom stereocenters. The Bertz CT molecular complexity index is 551. The van der Waals surface area contributed by atoms with Gasteiger partial charge < -0.3 is 31.6 Å². The highest BCUT2D eigenvalue weighted by molar-refractivity contribution is 5.78. The lowest BCUT2D eigenvalue weighted by atomic mass is 9.97. The first-order valence-electron chi connectivity index (χ1n) is 7.92. The van der Waals surface area contributed by atoms with Gasteiger partial charge in [-0.05, 0) is 12.6 Å². The van der Waals surface area contributed by atoms with E-state index in [4.69, 9.17) is 9.47 Å². The largest absolute Gasteiger partial charge is 1.00 e. The molecule has 4 rings (SSSR count). The van der Waals surface area contributed by atoms with Crippen molar-refractivity contribution in [1.29, 1.82) is 0 Å². The molecule has 23 heavy (non-hydrogen) atoms. The summed E-state index contributed by atoms with van der Waals surface area (Å²) < 4.78 is 11.4. The van der Waals surface area contributed by atoms with Gasteiger partial charge in [0.15, 0.2) is 0 Å². The zero-order chi connectivity index (χ0) is 15.3. The van der Waals surface area contributed by atoms with Crippen LogP contribution < -0.4 is 17.0 Å². The molecule has 0 amide bonds. The van der Waals surface area contributed by atoms with Crippen molar-refractivity contribution in [3.63, 3.8) is 0 Å². The molecule has 0 aliphatic carbocycles. The van der Waals surface area contributed by atoms with E-state index < -0.39 is 5.92 Å². The van der Waals surface area contributed by atoms with Gasteiger partial charge in [0.2, 0.25) is 0 Å². The number of epoxide rings is 1. The molecule has 3 aliphatic heterocycles. The van der Waals surface area contributed by atoms with Crippen LogP contribution in [0.15, 0.2) is 30.3 Å². The van der Waals surface area contributed by atoms with Crippen molar-refractivity contribution < 1.29 is 36.4 Å². The minimum atomic E-state index is -0.593. The first-order chi connectivity index (χ1) is 10.7. The van der Waals surface area contributed by atoms with Gasteiger partial charge in [-0.25, -0.2) is 0 Å². The molecule has 3 fully saturated rings. The number of carbonyl (C=O) groups is 1. The summed E-state index contributed by atoms with van der Waals surface area (Å²) in [6, 6.07) is 10.1. The van der Waals surface area contributed by atoms with Crippen molar-refractivity contribution in [1.82, 2.24) is 4.90 Å². The predicted octanol–water partition coefficient (Wildman–Crippen LogP) is -2.08. The van der Waals surface area contributed by atoms with Crippen molar-refractivity contribution in [2.75, 3.05) is 13.7 Å². The Morgan fingerprint density at radius 1 is 1.30 bits per heavy atom. The predicted molar refractivity (Wildman–Crippen MR) is 79.4 cm³/mol. The second-order valence-electron chi connectivity index (χ2n) is 6.54. The maximum Gasteiger partial charge on any atom is 0.316 e. The number of halogens is 1. The van der Waals surface area contributed by atoms with E-state index in [0.717, 1.165) is 18.4 Å². The molecular formula is C17H21BrNO4-. The summed E-state index contributed by atoms with van der Waals surface area (Å²) in [7, 11) is 2.13. The molecule has 0 radical (unpaired) electrons. The number of esters is 1. The van der Waals surface area contributed by atoms with Crippen molar-refractivity contribution >= 4 is 5.97 Å². The maximum atomic E-state index is 12.4. The molecule has 1 aromatic carbocycles. The van der Waals surface area contributed by atoms with Crippen LogP contribution in [0.1, 0.15) is 24.3 Å². The second-order valence-corrected chi connectivity index (χ2v) is 6.54. The minimum Gasteiger partial charge on any atom is -1.00 e. The molecule has 5 nitrogen and oxygen atoms in total. The van der Waals surface area contributed by atoms with Crippen LogP contribution in [0, 0.1) is 0 Å². The van der Waals surface area contributed by atoms with Crippen LogP contribution in [0.4, 0.5) is 0 Å². The number of ether oxygens (including phenoxy) is 2. The van der Waals surface area contributed by atoms with Crippen LogP contribution in [-0.4, -0.2) is 60.0 Å². The highest BCUT2D eigenvalue weighted by Crippen LogP contribution is 2.48. The summed E-state index contributed by atoms with van der Waals surface area (Å²) in [6.07, 6.45) is 2.26.